The standard InChI is InChI=1S/C25H21N9O6S3/c26-14-16-7-8-20(11-17(16)15-27)41-29-10-9-28-23-32-24(30-18-3-1-5-21(12-18)42(35,36)37)34-25(33-23)31-19-4-2-6-22(13-19)43(38,39)40/h1-8,11-13,29H,9-10H2,(H,35,36,37)(H,38,39,40)(H3,28,30,31,32,33,34). The Balaban J connectivity index is 1.51. The molecular formula is C25H21N9O6S3. The van der Waals surface area contributed by atoms with Gasteiger partial charge in [0.05, 0.1) is 20.9 Å². The van der Waals surface area contributed by atoms with Crippen molar-refractivity contribution in [3.63, 3.8) is 0 Å². The smallest absolute Gasteiger partial charge is 0.294 e. The van der Waals surface area contributed by atoms with Crippen molar-refractivity contribution in [2.75, 3.05) is 29.0 Å². The van der Waals surface area contributed by atoms with Gasteiger partial charge in [-0.2, -0.15) is 42.3 Å². The third-order valence-corrected chi connectivity index (χ3v) is 7.88. The first-order valence-electron chi connectivity index (χ1n) is 12.0. The predicted molar refractivity (Wildman–Crippen MR) is 157 cm³/mol. The average Bonchev–Trinajstić information content (AvgIpc) is 2.96. The van der Waals surface area contributed by atoms with Crippen LogP contribution in [0.1, 0.15) is 11.1 Å². The first-order valence-corrected chi connectivity index (χ1v) is 15.7. The molecule has 0 saturated heterocycles. The van der Waals surface area contributed by atoms with E-state index >= 15 is 0 Å². The molecular weight excluding hydrogens is 619 g/mol. The Kier molecular flexibility index (Phi) is 9.73. The first-order chi connectivity index (χ1) is 20.4. The van der Waals surface area contributed by atoms with E-state index in [9.17, 15) is 31.2 Å². The van der Waals surface area contributed by atoms with Crippen LogP contribution in [0.3, 0.4) is 0 Å². The number of hydrogen-bond acceptors (Lipinski definition) is 14. The highest BCUT2D eigenvalue weighted by atomic mass is 32.2. The van der Waals surface area contributed by atoms with Crippen LogP contribution < -0.4 is 20.7 Å². The van der Waals surface area contributed by atoms with E-state index in [1.165, 1.54) is 60.5 Å². The maximum Gasteiger partial charge on any atom is 0.294 e. The maximum absolute atomic E-state index is 11.5. The van der Waals surface area contributed by atoms with E-state index in [0.29, 0.717) is 13.1 Å². The molecule has 0 unspecified atom stereocenters. The number of rotatable bonds is 12. The molecule has 0 aliphatic heterocycles. The minimum absolute atomic E-state index is 0.0256. The summed E-state index contributed by atoms with van der Waals surface area (Å²) in [6, 6.07) is 19.4. The van der Waals surface area contributed by atoms with E-state index in [0.717, 1.165) is 4.90 Å². The molecule has 0 aliphatic carbocycles. The summed E-state index contributed by atoms with van der Waals surface area (Å²) in [5, 5.41) is 26.9. The summed E-state index contributed by atoms with van der Waals surface area (Å²) in [5.74, 6) is 0.0403. The Morgan fingerprint density at radius 1 is 0.698 bits per heavy atom. The van der Waals surface area contributed by atoms with Gasteiger partial charge in [0, 0.05) is 29.4 Å². The molecule has 0 spiro atoms. The van der Waals surface area contributed by atoms with Crippen molar-refractivity contribution in [1.82, 2.24) is 19.7 Å². The molecule has 43 heavy (non-hydrogen) atoms. The molecule has 0 aliphatic rings. The third kappa shape index (κ3) is 8.83. The van der Waals surface area contributed by atoms with Crippen molar-refractivity contribution in [3.05, 3.63) is 77.9 Å². The number of aromatic nitrogens is 3. The quantitative estimate of drug-likeness (QED) is 0.0739. The molecule has 0 fully saturated rings. The van der Waals surface area contributed by atoms with E-state index in [1.54, 1.807) is 18.2 Å². The maximum atomic E-state index is 11.5. The van der Waals surface area contributed by atoms with E-state index in [-0.39, 0.29) is 50.1 Å². The highest BCUT2D eigenvalue weighted by Crippen LogP contribution is 2.23. The lowest BCUT2D eigenvalue weighted by molar-refractivity contribution is 0.481. The Bertz CT molecular complexity index is 1860. The Labute approximate surface area is 250 Å². The van der Waals surface area contributed by atoms with E-state index in [1.807, 2.05) is 12.1 Å². The lowest BCUT2D eigenvalue weighted by Gasteiger charge is -2.12. The fourth-order valence-electron chi connectivity index (χ4n) is 3.43. The van der Waals surface area contributed by atoms with Crippen molar-refractivity contribution < 1.29 is 25.9 Å². The zero-order chi connectivity index (χ0) is 31.0. The van der Waals surface area contributed by atoms with Gasteiger partial charge in [-0.05, 0) is 66.5 Å². The van der Waals surface area contributed by atoms with Crippen LogP contribution in [-0.2, 0) is 20.2 Å². The second kappa shape index (κ2) is 13.4. The lowest BCUT2D eigenvalue weighted by Crippen LogP contribution is -2.18. The highest BCUT2D eigenvalue weighted by molar-refractivity contribution is 7.97. The molecule has 0 bridgehead atoms. The SMILES string of the molecule is N#Cc1ccc(SNCCNc2nc(Nc3cccc(S(=O)(=O)O)c3)nc(Nc3cccc(S(=O)(=O)O)c3)n2)cc1C#N. The van der Waals surface area contributed by atoms with Crippen LogP contribution in [-0.4, -0.2) is 54.0 Å². The normalized spacial score (nSPS) is 11.3. The second-order valence-electron chi connectivity index (χ2n) is 8.42. The summed E-state index contributed by atoms with van der Waals surface area (Å²) in [5.41, 5.74) is 1.03. The molecule has 0 atom stereocenters. The van der Waals surface area contributed by atoms with E-state index in [2.05, 4.69) is 35.6 Å². The number of hydrogen-bond donors (Lipinski definition) is 6. The minimum atomic E-state index is -4.46. The molecule has 1 heterocycles. The van der Waals surface area contributed by atoms with Gasteiger partial charge in [0.15, 0.2) is 0 Å². The molecule has 3 aromatic carbocycles. The molecule has 0 amide bonds. The van der Waals surface area contributed by atoms with Crippen molar-refractivity contribution in [1.29, 1.82) is 10.5 Å². The highest BCUT2D eigenvalue weighted by Gasteiger charge is 2.14. The number of nitrogens with one attached hydrogen (secondary N) is 4. The van der Waals surface area contributed by atoms with Crippen LogP contribution in [0.2, 0.25) is 0 Å². The zero-order valence-electron chi connectivity index (χ0n) is 21.8. The Hall–Kier alpha value is -4.82. The summed E-state index contributed by atoms with van der Waals surface area (Å²) in [7, 11) is -8.92. The monoisotopic (exact) mass is 639 g/mol. The fraction of sp³-hybridized carbons (Fsp3) is 0.0800. The van der Waals surface area contributed by atoms with Crippen molar-refractivity contribution in [3.8, 4) is 12.1 Å². The van der Waals surface area contributed by atoms with Gasteiger partial charge in [-0.25, -0.2) is 0 Å². The van der Waals surface area contributed by atoms with Gasteiger partial charge in [0.25, 0.3) is 20.2 Å². The average molecular weight is 640 g/mol. The molecule has 6 N–H and O–H groups in total. The molecule has 18 heteroatoms. The largest absolute Gasteiger partial charge is 0.353 e. The van der Waals surface area contributed by atoms with Crippen LogP contribution in [0.25, 0.3) is 0 Å². The molecule has 0 saturated carbocycles. The van der Waals surface area contributed by atoms with Crippen molar-refractivity contribution in [2.45, 2.75) is 14.7 Å². The molecule has 4 rings (SSSR count). The number of benzene rings is 3. The Morgan fingerprint density at radius 3 is 1.74 bits per heavy atom. The number of nitrogens with zero attached hydrogens (tertiary/aromatic N) is 5. The summed E-state index contributed by atoms with van der Waals surface area (Å²) < 4.78 is 68.0. The van der Waals surface area contributed by atoms with E-state index in [4.69, 9.17) is 5.26 Å². The first kappa shape index (κ1) is 31.1. The van der Waals surface area contributed by atoms with Gasteiger partial charge in [0.2, 0.25) is 17.8 Å². The van der Waals surface area contributed by atoms with Gasteiger partial charge in [-0.1, -0.05) is 12.1 Å². The molecule has 0 radical (unpaired) electrons. The zero-order valence-corrected chi connectivity index (χ0v) is 24.2. The second-order valence-corrected chi connectivity index (χ2v) is 12.2. The molecule has 220 valence electrons. The fourth-order valence-corrected chi connectivity index (χ4v) is 5.17. The summed E-state index contributed by atoms with van der Waals surface area (Å²) in [6.45, 7) is 0.713. The number of anilines is 5. The van der Waals surface area contributed by atoms with Gasteiger partial charge < -0.3 is 16.0 Å². The van der Waals surface area contributed by atoms with Crippen LogP contribution in [0.15, 0.2) is 81.4 Å². The molecule has 15 nitrogen and oxygen atoms in total. The minimum Gasteiger partial charge on any atom is -0.353 e. The summed E-state index contributed by atoms with van der Waals surface area (Å²) in [6.07, 6.45) is 0. The van der Waals surface area contributed by atoms with Crippen LogP contribution in [0.5, 0.6) is 0 Å². The molecule has 1 aromatic heterocycles. The van der Waals surface area contributed by atoms with Crippen LogP contribution in [0.4, 0.5) is 29.2 Å². The number of nitriles is 2. The molecule has 4 aromatic rings. The topological polar surface area (TPSA) is 243 Å². The van der Waals surface area contributed by atoms with Gasteiger partial charge >= 0.3 is 0 Å². The van der Waals surface area contributed by atoms with Gasteiger partial charge in [-0.15, -0.1) is 0 Å². The summed E-state index contributed by atoms with van der Waals surface area (Å²) >= 11 is 1.25. The van der Waals surface area contributed by atoms with Crippen LogP contribution in [0, 0.1) is 22.7 Å². The Morgan fingerprint density at radius 2 is 1.23 bits per heavy atom. The van der Waals surface area contributed by atoms with Gasteiger partial charge in [-0.3, -0.25) is 13.8 Å². The van der Waals surface area contributed by atoms with Crippen molar-refractivity contribution >= 4 is 61.4 Å². The van der Waals surface area contributed by atoms with Crippen LogP contribution >= 0.6 is 11.9 Å². The van der Waals surface area contributed by atoms with Crippen molar-refractivity contribution in [2.24, 2.45) is 0 Å². The third-order valence-electron chi connectivity index (χ3n) is 5.34. The van der Waals surface area contributed by atoms with E-state index < -0.39 is 20.2 Å². The lowest BCUT2D eigenvalue weighted by atomic mass is 10.1. The predicted octanol–water partition coefficient (Wildman–Crippen LogP) is 3.30. The van der Waals surface area contributed by atoms with Gasteiger partial charge in [0.1, 0.15) is 12.1 Å². The summed E-state index contributed by atoms with van der Waals surface area (Å²) in [4.78, 5) is 12.8.